The molecule has 0 unspecified atom stereocenters. The summed E-state index contributed by atoms with van der Waals surface area (Å²) < 4.78 is 38.4. The normalized spacial score (nSPS) is 11.3. The molecule has 0 bridgehead atoms. The largest absolute Gasteiger partial charge is 0.497 e. The van der Waals surface area contributed by atoms with Gasteiger partial charge in [-0.2, -0.15) is 0 Å². The summed E-state index contributed by atoms with van der Waals surface area (Å²) in [6.07, 6.45) is 0. The van der Waals surface area contributed by atoms with E-state index in [4.69, 9.17) is 32.5 Å². The quantitative estimate of drug-likeness (QED) is 0.363. The number of hydrogen-bond donors (Lipinski definition) is 1. The van der Waals surface area contributed by atoms with Gasteiger partial charge >= 0.3 is 0 Å². The van der Waals surface area contributed by atoms with Crippen molar-refractivity contribution in [3.8, 4) is 28.3 Å². The van der Waals surface area contributed by atoms with Gasteiger partial charge in [-0.3, -0.25) is 4.72 Å². The van der Waals surface area contributed by atoms with Crippen LogP contribution in [0.2, 0.25) is 10.0 Å². The van der Waals surface area contributed by atoms with Crippen LogP contribution in [0.1, 0.15) is 0 Å². The lowest BCUT2D eigenvalue weighted by molar-refractivity contribution is 0.414. The zero-order valence-electron chi connectivity index (χ0n) is 16.2. The van der Waals surface area contributed by atoms with E-state index < -0.39 is 10.0 Å². The van der Waals surface area contributed by atoms with Gasteiger partial charge in [-0.05, 0) is 54.6 Å². The molecule has 0 aliphatic rings. The Hall–Kier alpha value is -3.00. The Kier molecular flexibility index (Phi) is 5.91. The van der Waals surface area contributed by atoms with E-state index in [1.807, 2.05) is 30.3 Å². The van der Waals surface area contributed by atoms with E-state index in [9.17, 15) is 8.42 Å². The first kappa shape index (κ1) is 21.2. The van der Waals surface area contributed by atoms with Gasteiger partial charge in [-0.15, -0.1) is 0 Å². The third-order valence-corrected chi connectivity index (χ3v) is 6.60. The fourth-order valence-corrected chi connectivity index (χ4v) is 4.73. The van der Waals surface area contributed by atoms with Crippen molar-refractivity contribution in [2.75, 3.05) is 11.8 Å². The fourth-order valence-electron chi connectivity index (χ4n) is 2.90. The van der Waals surface area contributed by atoms with Gasteiger partial charge in [0.1, 0.15) is 16.3 Å². The third-order valence-electron chi connectivity index (χ3n) is 4.50. The minimum atomic E-state index is -3.89. The Balaban J connectivity index is 1.53. The Morgan fingerprint density at radius 1 is 0.903 bits per heavy atom. The lowest BCUT2D eigenvalue weighted by Gasteiger charge is -2.10. The molecule has 1 heterocycles. The molecule has 6 nitrogen and oxygen atoms in total. The van der Waals surface area contributed by atoms with E-state index in [1.54, 1.807) is 31.4 Å². The van der Waals surface area contributed by atoms with Gasteiger partial charge in [-0.25, -0.2) is 8.42 Å². The minimum Gasteiger partial charge on any atom is -0.497 e. The van der Waals surface area contributed by atoms with Crippen LogP contribution >= 0.6 is 23.2 Å². The average Bonchev–Trinajstić information content (AvgIpc) is 3.26. The van der Waals surface area contributed by atoms with Crippen LogP contribution in [0.5, 0.6) is 5.75 Å². The molecule has 0 saturated heterocycles. The number of halogens is 2. The van der Waals surface area contributed by atoms with E-state index in [1.165, 1.54) is 18.2 Å². The number of aromatic nitrogens is 1. The Bertz CT molecular complexity index is 1320. The molecule has 0 saturated carbocycles. The van der Waals surface area contributed by atoms with Gasteiger partial charge in [0, 0.05) is 27.9 Å². The number of sulfonamides is 1. The van der Waals surface area contributed by atoms with Crippen LogP contribution in [-0.2, 0) is 10.0 Å². The van der Waals surface area contributed by atoms with Crippen LogP contribution in [0.4, 0.5) is 5.69 Å². The average molecular weight is 475 g/mol. The summed E-state index contributed by atoms with van der Waals surface area (Å²) in [5.74, 6) is 1.36. The highest BCUT2D eigenvalue weighted by Gasteiger charge is 2.19. The molecule has 0 fully saturated rings. The van der Waals surface area contributed by atoms with E-state index in [-0.39, 0.29) is 14.9 Å². The summed E-state index contributed by atoms with van der Waals surface area (Å²) in [5.41, 5.74) is 2.63. The first-order valence-electron chi connectivity index (χ1n) is 9.05. The van der Waals surface area contributed by atoms with Crippen molar-refractivity contribution in [3.05, 3.63) is 82.8 Å². The van der Waals surface area contributed by atoms with Crippen molar-refractivity contribution in [1.29, 1.82) is 0 Å². The molecule has 31 heavy (non-hydrogen) atoms. The molecular formula is C22H16Cl2N2O4S. The minimum absolute atomic E-state index is 0.0854. The Morgan fingerprint density at radius 3 is 2.26 bits per heavy atom. The maximum atomic E-state index is 12.6. The molecule has 0 amide bonds. The molecule has 0 radical (unpaired) electrons. The van der Waals surface area contributed by atoms with Gasteiger partial charge < -0.3 is 9.26 Å². The topological polar surface area (TPSA) is 81.4 Å². The van der Waals surface area contributed by atoms with E-state index in [2.05, 4.69) is 9.88 Å². The van der Waals surface area contributed by atoms with Crippen molar-refractivity contribution in [3.63, 3.8) is 0 Å². The van der Waals surface area contributed by atoms with E-state index >= 15 is 0 Å². The molecule has 4 rings (SSSR count). The first-order chi connectivity index (χ1) is 14.9. The van der Waals surface area contributed by atoms with Crippen molar-refractivity contribution < 1.29 is 17.7 Å². The second-order valence-corrected chi connectivity index (χ2v) is 9.06. The number of benzene rings is 3. The van der Waals surface area contributed by atoms with Crippen molar-refractivity contribution in [1.82, 2.24) is 5.16 Å². The fraction of sp³-hybridized carbons (Fsp3) is 0.0455. The molecule has 158 valence electrons. The summed E-state index contributed by atoms with van der Waals surface area (Å²) >= 11 is 11.9. The second-order valence-electron chi connectivity index (χ2n) is 6.56. The predicted octanol–water partition coefficient (Wildman–Crippen LogP) is 6.12. The molecule has 0 aliphatic carbocycles. The number of rotatable bonds is 6. The van der Waals surface area contributed by atoms with E-state index in [0.717, 1.165) is 16.9 Å². The highest BCUT2D eigenvalue weighted by atomic mass is 35.5. The first-order valence-corrected chi connectivity index (χ1v) is 11.3. The van der Waals surface area contributed by atoms with Crippen LogP contribution in [0.15, 0.2) is 82.2 Å². The predicted molar refractivity (Wildman–Crippen MR) is 121 cm³/mol. The van der Waals surface area contributed by atoms with Gasteiger partial charge in [-0.1, -0.05) is 40.5 Å². The molecule has 3 aromatic carbocycles. The van der Waals surface area contributed by atoms with Crippen molar-refractivity contribution in [2.24, 2.45) is 0 Å². The monoisotopic (exact) mass is 474 g/mol. The number of nitrogens with one attached hydrogen (secondary N) is 1. The molecule has 1 N–H and O–H groups in total. The smallest absolute Gasteiger partial charge is 0.263 e. The maximum Gasteiger partial charge on any atom is 0.263 e. The molecular weight excluding hydrogens is 459 g/mol. The molecule has 0 aliphatic heterocycles. The van der Waals surface area contributed by atoms with Crippen LogP contribution in [-0.4, -0.2) is 20.7 Å². The van der Waals surface area contributed by atoms with Gasteiger partial charge in [0.05, 0.1) is 12.1 Å². The molecule has 0 spiro atoms. The molecule has 1 aromatic heterocycles. The van der Waals surface area contributed by atoms with Crippen LogP contribution < -0.4 is 9.46 Å². The Labute approximate surface area is 189 Å². The highest BCUT2D eigenvalue weighted by Crippen LogP contribution is 2.30. The second kappa shape index (κ2) is 8.63. The summed E-state index contributed by atoms with van der Waals surface area (Å²) in [6, 6.07) is 20.3. The third kappa shape index (κ3) is 4.69. The lowest BCUT2D eigenvalue weighted by atomic mass is 10.1. The van der Waals surface area contributed by atoms with Gasteiger partial charge in [0.25, 0.3) is 10.0 Å². The number of ether oxygens (including phenoxy) is 1. The molecule has 4 aromatic rings. The van der Waals surface area contributed by atoms with Crippen molar-refractivity contribution >= 4 is 38.9 Å². The summed E-state index contributed by atoms with van der Waals surface area (Å²) in [6.45, 7) is 0. The SMILES string of the molecule is COc1ccc(-c2cc(-c3ccc(NS(=O)(=O)c4cc(Cl)ccc4Cl)cc3)no2)cc1. The number of nitrogens with zero attached hydrogens (tertiary/aromatic N) is 1. The standard InChI is InChI=1S/C22H16Cl2N2O4S/c1-29-18-9-4-15(5-10-18)21-13-20(25-30-21)14-2-7-17(8-3-14)26-31(27,28)22-12-16(23)6-11-19(22)24/h2-13,26H,1H3. The summed E-state index contributed by atoms with van der Waals surface area (Å²) in [4.78, 5) is -0.0913. The Morgan fingerprint density at radius 2 is 1.58 bits per heavy atom. The van der Waals surface area contributed by atoms with E-state index in [0.29, 0.717) is 17.1 Å². The van der Waals surface area contributed by atoms with Crippen LogP contribution in [0.3, 0.4) is 0 Å². The van der Waals surface area contributed by atoms with Gasteiger partial charge in [0.2, 0.25) is 0 Å². The summed E-state index contributed by atoms with van der Waals surface area (Å²) in [5, 5.41) is 4.46. The zero-order valence-corrected chi connectivity index (χ0v) is 18.5. The van der Waals surface area contributed by atoms with Crippen molar-refractivity contribution in [2.45, 2.75) is 4.90 Å². The number of hydrogen-bond acceptors (Lipinski definition) is 5. The number of anilines is 1. The molecule has 0 atom stereocenters. The number of methoxy groups -OCH3 is 1. The zero-order chi connectivity index (χ0) is 22.0. The maximum absolute atomic E-state index is 12.6. The van der Waals surface area contributed by atoms with Crippen LogP contribution in [0, 0.1) is 0 Å². The summed E-state index contributed by atoms with van der Waals surface area (Å²) in [7, 11) is -2.29. The molecule has 9 heteroatoms. The highest BCUT2D eigenvalue weighted by molar-refractivity contribution is 7.92. The van der Waals surface area contributed by atoms with Crippen LogP contribution in [0.25, 0.3) is 22.6 Å². The lowest BCUT2D eigenvalue weighted by Crippen LogP contribution is -2.13. The van der Waals surface area contributed by atoms with Gasteiger partial charge in [0.15, 0.2) is 5.76 Å².